The maximum Gasteiger partial charge on any atom is 0.161 e. The summed E-state index contributed by atoms with van der Waals surface area (Å²) >= 11 is 6.15. The molecular weight excluding hydrogens is 398 g/mol. The molecule has 3 rings (SSSR count). The fraction of sp³-hybridized carbons (Fsp3) is 0.167. The molecule has 1 N–H and O–H groups in total. The van der Waals surface area contributed by atoms with Crippen LogP contribution < -0.4 is 14.9 Å². The van der Waals surface area contributed by atoms with Crippen molar-refractivity contribution >= 4 is 17.8 Å². The third kappa shape index (κ3) is 6.00. The third-order valence-corrected chi connectivity index (χ3v) is 4.62. The SMILES string of the molecule is CCOc1cc(/C=N\NCc2ccccc2Cl)ccc1OCc1cccc(C#N)c1. The molecule has 0 aliphatic heterocycles. The topological polar surface area (TPSA) is 66.6 Å². The van der Waals surface area contributed by atoms with Crippen LogP contribution in [-0.2, 0) is 13.2 Å². The summed E-state index contributed by atoms with van der Waals surface area (Å²) in [5.41, 5.74) is 6.39. The maximum atomic E-state index is 9.02. The van der Waals surface area contributed by atoms with Gasteiger partial charge in [-0.15, -0.1) is 0 Å². The van der Waals surface area contributed by atoms with Crippen LogP contribution in [0.2, 0.25) is 5.02 Å². The van der Waals surface area contributed by atoms with Gasteiger partial charge in [-0.1, -0.05) is 41.9 Å². The quantitative estimate of drug-likeness (QED) is 0.377. The molecule has 0 aliphatic carbocycles. The highest BCUT2D eigenvalue weighted by Crippen LogP contribution is 2.29. The van der Waals surface area contributed by atoms with Crippen LogP contribution in [0.3, 0.4) is 0 Å². The zero-order valence-electron chi connectivity index (χ0n) is 16.6. The highest BCUT2D eigenvalue weighted by atomic mass is 35.5. The number of nitriles is 1. The number of hydrogen-bond donors (Lipinski definition) is 1. The van der Waals surface area contributed by atoms with Crippen molar-refractivity contribution in [1.29, 1.82) is 5.26 Å². The van der Waals surface area contributed by atoms with Gasteiger partial charge in [0.15, 0.2) is 11.5 Å². The first-order valence-electron chi connectivity index (χ1n) is 9.57. The number of rotatable bonds is 9. The Balaban J connectivity index is 1.63. The van der Waals surface area contributed by atoms with Crippen LogP contribution in [0.4, 0.5) is 0 Å². The first-order valence-corrected chi connectivity index (χ1v) is 9.95. The lowest BCUT2D eigenvalue weighted by Crippen LogP contribution is -2.06. The molecule has 0 aromatic heterocycles. The molecule has 30 heavy (non-hydrogen) atoms. The molecule has 152 valence electrons. The van der Waals surface area contributed by atoms with Crippen LogP contribution in [0.25, 0.3) is 0 Å². The zero-order chi connectivity index (χ0) is 21.2. The lowest BCUT2D eigenvalue weighted by Gasteiger charge is -2.13. The monoisotopic (exact) mass is 419 g/mol. The highest BCUT2D eigenvalue weighted by Gasteiger charge is 2.07. The van der Waals surface area contributed by atoms with Crippen molar-refractivity contribution in [2.75, 3.05) is 6.61 Å². The molecule has 0 atom stereocenters. The molecule has 0 spiro atoms. The van der Waals surface area contributed by atoms with E-state index in [2.05, 4.69) is 16.6 Å². The van der Waals surface area contributed by atoms with E-state index in [4.69, 9.17) is 26.3 Å². The Labute approximate surface area is 181 Å². The summed E-state index contributed by atoms with van der Waals surface area (Å²) < 4.78 is 11.6. The molecule has 0 saturated heterocycles. The summed E-state index contributed by atoms with van der Waals surface area (Å²) in [7, 11) is 0. The standard InChI is InChI=1S/C24H22ClN3O2/c1-2-29-24-13-19(15-27-28-16-21-8-3-4-9-22(21)25)10-11-23(24)30-17-20-7-5-6-18(12-20)14-26/h3-13,15,28H,2,16-17H2,1H3/b27-15-. The van der Waals surface area contributed by atoms with Crippen molar-refractivity contribution in [3.63, 3.8) is 0 Å². The van der Waals surface area contributed by atoms with Gasteiger partial charge in [-0.25, -0.2) is 0 Å². The second-order valence-corrected chi connectivity index (χ2v) is 6.83. The summed E-state index contributed by atoms with van der Waals surface area (Å²) in [6, 6.07) is 22.8. The van der Waals surface area contributed by atoms with Crippen LogP contribution in [0.15, 0.2) is 71.8 Å². The lowest BCUT2D eigenvalue weighted by atomic mass is 10.1. The minimum atomic E-state index is 0.350. The van der Waals surface area contributed by atoms with Crippen molar-refractivity contribution < 1.29 is 9.47 Å². The maximum absolute atomic E-state index is 9.02. The summed E-state index contributed by atoms with van der Waals surface area (Å²) in [6.07, 6.45) is 1.72. The van der Waals surface area contributed by atoms with Gasteiger partial charge >= 0.3 is 0 Å². The minimum Gasteiger partial charge on any atom is -0.490 e. The second-order valence-electron chi connectivity index (χ2n) is 6.42. The lowest BCUT2D eigenvalue weighted by molar-refractivity contribution is 0.269. The number of hydrazone groups is 1. The normalized spacial score (nSPS) is 10.6. The Morgan fingerprint density at radius 2 is 1.90 bits per heavy atom. The molecule has 5 nitrogen and oxygen atoms in total. The van der Waals surface area contributed by atoms with Gasteiger partial charge in [0.2, 0.25) is 0 Å². The number of ether oxygens (including phenoxy) is 2. The van der Waals surface area contributed by atoms with Crippen molar-refractivity contribution in [3.8, 4) is 17.6 Å². The molecule has 0 heterocycles. The summed E-state index contributed by atoms with van der Waals surface area (Å²) in [5, 5.41) is 14.0. The van der Waals surface area contributed by atoms with Crippen LogP contribution in [0.5, 0.6) is 11.5 Å². The number of benzene rings is 3. The van der Waals surface area contributed by atoms with E-state index >= 15 is 0 Å². The van der Waals surface area contributed by atoms with Gasteiger partial charge in [0.05, 0.1) is 31.0 Å². The number of nitrogens with one attached hydrogen (secondary N) is 1. The van der Waals surface area contributed by atoms with Crippen molar-refractivity contribution in [2.24, 2.45) is 5.10 Å². The molecule has 6 heteroatoms. The Kier molecular flexibility index (Phi) is 7.71. The first kappa shape index (κ1) is 21.2. The number of halogens is 1. The zero-order valence-corrected chi connectivity index (χ0v) is 17.4. The van der Waals surface area contributed by atoms with E-state index < -0.39 is 0 Å². The van der Waals surface area contributed by atoms with Crippen molar-refractivity contribution in [2.45, 2.75) is 20.1 Å². The van der Waals surface area contributed by atoms with E-state index in [0.717, 1.165) is 16.7 Å². The van der Waals surface area contributed by atoms with Crippen LogP contribution >= 0.6 is 11.6 Å². The average molecular weight is 420 g/mol. The van der Waals surface area contributed by atoms with Gasteiger partial charge in [0.25, 0.3) is 0 Å². The third-order valence-electron chi connectivity index (χ3n) is 4.25. The molecule has 0 saturated carbocycles. The molecular formula is C24H22ClN3O2. The van der Waals surface area contributed by atoms with E-state index in [0.29, 0.717) is 41.8 Å². The Bertz CT molecular complexity index is 1060. The first-order chi connectivity index (χ1) is 14.7. The smallest absolute Gasteiger partial charge is 0.161 e. The second kappa shape index (κ2) is 10.9. The molecule has 0 bridgehead atoms. The van der Waals surface area contributed by atoms with E-state index in [-0.39, 0.29) is 0 Å². The van der Waals surface area contributed by atoms with E-state index in [1.54, 1.807) is 12.3 Å². The van der Waals surface area contributed by atoms with Gasteiger partial charge in [-0.3, -0.25) is 0 Å². The Morgan fingerprint density at radius 1 is 1.03 bits per heavy atom. The minimum absolute atomic E-state index is 0.350. The van der Waals surface area contributed by atoms with Gasteiger partial charge < -0.3 is 14.9 Å². The fourth-order valence-corrected chi connectivity index (χ4v) is 2.98. The highest BCUT2D eigenvalue weighted by molar-refractivity contribution is 6.31. The van der Waals surface area contributed by atoms with Crippen LogP contribution in [0.1, 0.15) is 29.2 Å². The van der Waals surface area contributed by atoms with E-state index in [1.807, 2.05) is 67.6 Å². The van der Waals surface area contributed by atoms with Crippen LogP contribution in [0, 0.1) is 11.3 Å². The fourth-order valence-electron chi connectivity index (χ4n) is 2.78. The summed E-state index contributed by atoms with van der Waals surface area (Å²) in [4.78, 5) is 0. The van der Waals surface area contributed by atoms with Gasteiger partial charge in [0.1, 0.15) is 6.61 Å². The summed E-state index contributed by atoms with van der Waals surface area (Å²) in [5.74, 6) is 1.28. The largest absolute Gasteiger partial charge is 0.490 e. The average Bonchev–Trinajstić information content (AvgIpc) is 2.77. The van der Waals surface area contributed by atoms with Crippen LogP contribution in [-0.4, -0.2) is 12.8 Å². The van der Waals surface area contributed by atoms with Crippen molar-refractivity contribution in [3.05, 3.63) is 94.0 Å². The van der Waals surface area contributed by atoms with E-state index in [9.17, 15) is 0 Å². The predicted molar refractivity (Wildman–Crippen MR) is 119 cm³/mol. The predicted octanol–water partition coefficient (Wildman–Crippen LogP) is 5.31. The molecule has 0 amide bonds. The summed E-state index contributed by atoms with van der Waals surface area (Å²) in [6.45, 7) is 3.33. The molecule has 3 aromatic rings. The number of hydrogen-bond acceptors (Lipinski definition) is 5. The molecule has 0 fully saturated rings. The van der Waals surface area contributed by atoms with Gasteiger partial charge in [-0.2, -0.15) is 10.4 Å². The molecule has 0 aliphatic rings. The van der Waals surface area contributed by atoms with E-state index in [1.165, 1.54) is 0 Å². The molecule has 3 aromatic carbocycles. The van der Waals surface area contributed by atoms with Gasteiger partial charge in [0, 0.05) is 5.02 Å². The molecule has 0 unspecified atom stereocenters. The molecule has 0 radical (unpaired) electrons. The van der Waals surface area contributed by atoms with Gasteiger partial charge in [-0.05, 0) is 60.0 Å². The van der Waals surface area contributed by atoms with Crippen molar-refractivity contribution in [1.82, 2.24) is 5.43 Å². The Hall–Kier alpha value is -3.49. The Morgan fingerprint density at radius 3 is 2.70 bits per heavy atom. The number of nitrogens with zero attached hydrogens (tertiary/aromatic N) is 2.